The van der Waals surface area contributed by atoms with Crippen LogP contribution >= 0.6 is 0 Å². The molecule has 0 bridgehead atoms. The summed E-state index contributed by atoms with van der Waals surface area (Å²) in [6.07, 6.45) is 3.88. The molecular weight excluding hydrogens is 252 g/mol. The van der Waals surface area contributed by atoms with Gasteiger partial charge in [-0.1, -0.05) is 12.5 Å². The first kappa shape index (κ1) is 13.2. The normalized spacial score (nSPS) is 23.4. The highest BCUT2D eigenvalue weighted by atomic mass is 16.1. The van der Waals surface area contributed by atoms with Crippen LogP contribution in [0.25, 0.3) is 0 Å². The number of primary amides is 1. The number of nitrogens with two attached hydrogens (primary N) is 2. The lowest BCUT2D eigenvalue weighted by atomic mass is 9.98. The monoisotopic (exact) mass is 274 g/mol. The zero-order valence-corrected chi connectivity index (χ0v) is 11.7. The first-order valence-corrected chi connectivity index (χ1v) is 7.34. The average molecular weight is 274 g/mol. The van der Waals surface area contributed by atoms with Gasteiger partial charge in [0, 0.05) is 25.7 Å². The molecule has 2 heterocycles. The largest absolute Gasteiger partial charge is 0.396 e. The van der Waals surface area contributed by atoms with E-state index in [2.05, 4.69) is 9.80 Å². The number of hydrogen-bond acceptors (Lipinski definition) is 4. The molecule has 108 valence electrons. The number of piperidine rings is 1. The number of fused-ring (bicyclic) bond motifs is 1. The first-order chi connectivity index (χ1) is 9.66. The molecule has 2 saturated heterocycles. The van der Waals surface area contributed by atoms with Crippen molar-refractivity contribution in [2.45, 2.75) is 25.3 Å². The molecule has 1 unspecified atom stereocenters. The smallest absolute Gasteiger partial charge is 0.250 e. The molecule has 2 fully saturated rings. The predicted octanol–water partition coefficient (Wildman–Crippen LogP) is 1.04. The second kappa shape index (κ2) is 5.32. The van der Waals surface area contributed by atoms with Crippen LogP contribution in [-0.4, -0.2) is 43.0 Å². The molecule has 0 radical (unpaired) electrons. The number of rotatable bonds is 2. The molecule has 2 aliphatic heterocycles. The van der Waals surface area contributed by atoms with Crippen molar-refractivity contribution in [2.75, 3.05) is 36.8 Å². The van der Waals surface area contributed by atoms with Crippen molar-refractivity contribution >= 4 is 17.3 Å². The maximum Gasteiger partial charge on any atom is 0.250 e. The van der Waals surface area contributed by atoms with Gasteiger partial charge in [0.25, 0.3) is 5.91 Å². The molecule has 0 spiro atoms. The summed E-state index contributed by atoms with van der Waals surface area (Å²) in [7, 11) is 0. The summed E-state index contributed by atoms with van der Waals surface area (Å²) in [5, 5.41) is 0. The summed E-state index contributed by atoms with van der Waals surface area (Å²) in [6.45, 7) is 4.25. The van der Waals surface area contributed by atoms with Crippen molar-refractivity contribution in [3.8, 4) is 0 Å². The Labute approximate surface area is 119 Å². The zero-order chi connectivity index (χ0) is 14.1. The van der Waals surface area contributed by atoms with Gasteiger partial charge < -0.3 is 16.4 Å². The summed E-state index contributed by atoms with van der Waals surface area (Å²) in [5.74, 6) is -0.458. The molecular formula is C15H22N4O. The number of amides is 1. The van der Waals surface area contributed by atoms with Gasteiger partial charge in [0.05, 0.1) is 16.9 Å². The minimum atomic E-state index is -0.458. The minimum absolute atomic E-state index is 0.425. The summed E-state index contributed by atoms with van der Waals surface area (Å²) < 4.78 is 0. The first-order valence-electron chi connectivity index (χ1n) is 7.34. The second-order valence-electron chi connectivity index (χ2n) is 5.73. The summed E-state index contributed by atoms with van der Waals surface area (Å²) in [4.78, 5) is 16.3. The molecule has 0 aliphatic carbocycles. The Morgan fingerprint density at radius 1 is 1.20 bits per heavy atom. The van der Waals surface area contributed by atoms with E-state index in [1.54, 1.807) is 6.07 Å². The number of nitrogen functional groups attached to an aromatic ring is 1. The van der Waals surface area contributed by atoms with Crippen molar-refractivity contribution in [2.24, 2.45) is 5.73 Å². The average Bonchev–Trinajstić information content (AvgIpc) is 2.46. The van der Waals surface area contributed by atoms with Crippen molar-refractivity contribution in [1.29, 1.82) is 0 Å². The van der Waals surface area contributed by atoms with Crippen molar-refractivity contribution < 1.29 is 4.79 Å². The Hall–Kier alpha value is -1.75. The van der Waals surface area contributed by atoms with Gasteiger partial charge in [-0.2, -0.15) is 0 Å². The number of nitrogens with zero attached hydrogens (tertiary/aromatic N) is 2. The quantitative estimate of drug-likeness (QED) is 0.790. The standard InChI is InChI=1S/C15H22N4O/c16-14-12(15(17)20)5-3-6-13(14)19-9-8-18-7-2-1-4-11(18)10-19/h3,5-6,11H,1-2,4,7-10,16H2,(H2,17,20). The molecule has 5 nitrogen and oxygen atoms in total. The number of hydrogen-bond donors (Lipinski definition) is 2. The number of piperazine rings is 1. The molecule has 5 heteroatoms. The highest BCUT2D eigenvalue weighted by Crippen LogP contribution is 2.30. The Morgan fingerprint density at radius 2 is 2.05 bits per heavy atom. The van der Waals surface area contributed by atoms with Crippen LogP contribution in [-0.2, 0) is 0 Å². The Kier molecular flexibility index (Phi) is 3.53. The van der Waals surface area contributed by atoms with E-state index in [1.807, 2.05) is 12.1 Å². The summed E-state index contributed by atoms with van der Waals surface area (Å²) >= 11 is 0. The van der Waals surface area contributed by atoms with Crippen LogP contribution < -0.4 is 16.4 Å². The lowest BCUT2D eigenvalue weighted by Gasteiger charge is -2.45. The van der Waals surface area contributed by atoms with Gasteiger partial charge in [0.1, 0.15) is 0 Å². The zero-order valence-electron chi connectivity index (χ0n) is 11.7. The van der Waals surface area contributed by atoms with E-state index in [-0.39, 0.29) is 0 Å². The fourth-order valence-electron chi connectivity index (χ4n) is 3.42. The lowest BCUT2D eigenvalue weighted by molar-refractivity contribution is 0.100. The topological polar surface area (TPSA) is 75.6 Å². The van der Waals surface area contributed by atoms with Crippen LogP contribution in [0.15, 0.2) is 18.2 Å². The third-order valence-electron chi connectivity index (χ3n) is 4.53. The van der Waals surface area contributed by atoms with Gasteiger partial charge in [-0.3, -0.25) is 9.69 Å². The van der Waals surface area contributed by atoms with Crippen LogP contribution in [0, 0.1) is 0 Å². The predicted molar refractivity (Wildman–Crippen MR) is 80.8 cm³/mol. The van der Waals surface area contributed by atoms with E-state index in [0.29, 0.717) is 17.3 Å². The molecule has 3 rings (SSSR count). The van der Waals surface area contributed by atoms with Crippen LogP contribution in [0.4, 0.5) is 11.4 Å². The van der Waals surface area contributed by atoms with E-state index in [9.17, 15) is 4.79 Å². The number of benzene rings is 1. The molecule has 1 amide bonds. The van der Waals surface area contributed by atoms with E-state index in [0.717, 1.165) is 25.3 Å². The summed E-state index contributed by atoms with van der Waals surface area (Å²) in [5.41, 5.74) is 13.4. The molecule has 1 aromatic carbocycles. The van der Waals surface area contributed by atoms with Gasteiger partial charge in [-0.25, -0.2) is 0 Å². The number of para-hydroxylation sites is 1. The Morgan fingerprint density at radius 3 is 2.85 bits per heavy atom. The SMILES string of the molecule is NC(=O)c1cccc(N2CCN3CCCCC3C2)c1N. The van der Waals surface area contributed by atoms with Gasteiger partial charge in [0.15, 0.2) is 0 Å². The minimum Gasteiger partial charge on any atom is -0.396 e. The van der Waals surface area contributed by atoms with E-state index < -0.39 is 5.91 Å². The van der Waals surface area contributed by atoms with Crippen LogP contribution in [0.1, 0.15) is 29.6 Å². The molecule has 0 aromatic heterocycles. The highest BCUT2D eigenvalue weighted by Gasteiger charge is 2.29. The molecule has 2 aliphatic rings. The van der Waals surface area contributed by atoms with Crippen molar-refractivity contribution in [3.05, 3.63) is 23.8 Å². The highest BCUT2D eigenvalue weighted by molar-refractivity contribution is 6.00. The maximum atomic E-state index is 11.4. The number of carbonyl (C=O) groups excluding carboxylic acids is 1. The van der Waals surface area contributed by atoms with Crippen molar-refractivity contribution in [3.63, 3.8) is 0 Å². The molecule has 1 aromatic rings. The molecule has 4 N–H and O–H groups in total. The van der Waals surface area contributed by atoms with Crippen LogP contribution in [0.5, 0.6) is 0 Å². The number of anilines is 2. The van der Waals surface area contributed by atoms with Crippen LogP contribution in [0.2, 0.25) is 0 Å². The molecule has 20 heavy (non-hydrogen) atoms. The van der Waals surface area contributed by atoms with E-state index >= 15 is 0 Å². The second-order valence-corrected chi connectivity index (χ2v) is 5.73. The number of carbonyl (C=O) groups is 1. The van der Waals surface area contributed by atoms with E-state index in [4.69, 9.17) is 11.5 Å². The third kappa shape index (κ3) is 2.33. The van der Waals surface area contributed by atoms with Gasteiger partial charge >= 0.3 is 0 Å². The van der Waals surface area contributed by atoms with Crippen LogP contribution in [0.3, 0.4) is 0 Å². The fraction of sp³-hybridized carbons (Fsp3) is 0.533. The van der Waals surface area contributed by atoms with Gasteiger partial charge in [-0.15, -0.1) is 0 Å². The Balaban J connectivity index is 1.83. The van der Waals surface area contributed by atoms with Gasteiger partial charge in [0.2, 0.25) is 0 Å². The van der Waals surface area contributed by atoms with E-state index in [1.165, 1.54) is 25.8 Å². The molecule has 1 atom stereocenters. The fourth-order valence-corrected chi connectivity index (χ4v) is 3.42. The molecule has 0 saturated carbocycles. The Bertz CT molecular complexity index is 517. The maximum absolute atomic E-state index is 11.4. The third-order valence-corrected chi connectivity index (χ3v) is 4.53. The van der Waals surface area contributed by atoms with Gasteiger partial charge in [-0.05, 0) is 31.5 Å². The summed E-state index contributed by atoms with van der Waals surface area (Å²) in [6, 6.07) is 6.16. The van der Waals surface area contributed by atoms with Crippen molar-refractivity contribution in [1.82, 2.24) is 4.90 Å². The lowest BCUT2D eigenvalue weighted by Crippen LogP contribution is -2.55.